The zero-order chi connectivity index (χ0) is 13.9. The van der Waals surface area contributed by atoms with Crippen molar-refractivity contribution in [1.29, 1.82) is 0 Å². The van der Waals surface area contributed by atoms with Gasteiger partial charge in [0, 0.05) is 11.3 Å². The molecule has 0 aliphatic heterocycles. The van der Waals surface area contributed by atoms with E-state index < -0.39 is 17.4 Å². The number of ether oxygens (including phenoxy) is 1. The number of hydrogen-bond acceptors (Lipinski definition) is 4. The van der Waals surface area contributed by atoms with E-state index in [0.29, 0.717) is 11.3 Å². The van der Waals surface area contributed by atoms with Crippen LogP contribution < -0.4 is 5.32 Å². The molecule has 18 heavy (non-hydrogen) atoms. The van der Waals surface area contributed by atoms with Crippen LogP contribution in [0, 0.1) is 6.92 Å². The van der Waals surface area contributed by atoms with Crippen LogP contribution in [0.15, 0.2) is 12.1 Å². The van der Waals surface area contributed by atoms with Gasteiger partial charge in [0.2, 0.25) is 0 Å². The van der Waals surface area contributed by atoms with E-state index in [4.69, 9.17) is 11.6 Å². The Morgan fingerprint density at radius 1 is 1.39 bits per heavy atom. The Kier molecular flexibility index (Phi) is 4.29. The molecule has 1 amide bonds. The van der Waals surface area contributed by atoms with Gasteiger partial charge in [-0.2, -0.15) is 0 Å². The zero-order valence-electron chi connectivity index (χ0n) is 10.7. The van der Waals surface area contributed by atoms with Crippen molar-refractivity contribution in [3.8, 4) is 0 Å². The molecule has 1 rings (SSSR count). The lowest BCUT2D eigenvalue weighted by Gasteiger charge is -2.23. The Hall–Kier alpha value is -1.62. The average Bonchev–Trinajstić information content (AvgIpc) is 2.25. The fourth-order valence-electron chi connectivity index (χ4n) is 1.42. The van der Waals surface area contributed by atoms with Gasteiger partial charge in [0.15, 0.2) is 0 Å². The normalized spacial score (nSPS) is 10.9. The largest absolute Gasteiger partial charge is 0.467 e. The molecule has 1 aromatic heterocycles. The van der Waals surface area contributed by atoms with Crippen molar-refractivity contribution < 1.29 is 14.3 Å². The first-order valence-corrected chi connectivity index (χ1v) is 5.69. The molecule has 6 heteroatoms. The Morgan fingerprint density at radius 3 is 2.50 bits per heavy atom. The first kappa shape index (κ1) is 14.4. The number of aromatic nitrogens is 1. The van der Waals surface area contributed by atoms with Crippen LogP contribution in [0.5, 0.6) is 0 Å². The summed E-state index contributed by atoms with van der Waals surface area (Å²) in [6, 6.07) is 3.03. The maximum atomic E-state index is 12.0. The van der Waals surface area contributed by atoms with Crippen LogP contribution in [0.2, 0.25) is 5.15 Å². The van der Waals surface area contributed by atoms with Crippen LogP contribution in [-0.4, -0.2) is 29.5 Å². The van der Waals surface area contributed by atoms with E-state index in [0.717, 1.165) is 0 Å². The Bertz CT molecular complexity index is 466. The predicted octanol–water partition coefficient (Wildman–Crippen LogP) is 1.72. The minimum atomic E-state index is -1.10. The van der Waals surface area contributed by atoms with Crippen molar-refractivity contribution >= 4 is 23.5 Å². The standard InChI is InChI=1S/C12H15ClN2O3/c1-7-5-8(6-9(13)14-7)10(16)15-12(2,3)11(17)18-4/h5-6H,1-4H3,(H,15,16). The van der Waals surface area contributed by atoms with Crippen LogP contribution in [0.4, 0.5) is 0 Å². The lowest BCUT2D eigenvalue weighted by atomic mass is 10.1. The molecule has 0 spiro atoms. The summed E-state index contributed by atoms with van der Waals surface area (Å²) in [5.74, 6) is -0.925. The molecule has 0 fully saturated rings. The molecule has 1 heterocycles. The summed E-state index contributed by atoms with van der Waals surface area (Å²) in [5, 5.41) is 2.81. The third-order valence-corrected chi connectivity index (χ3v) is 2.50. The minimum absolute atomic E-state index is 0.232. The molecular weight excluding hydrogens is 256 g/mol. The number of methoxy groups -OCH3 is 1. The number of carbonyl (C=O) groups is 2. The van der Waals surface area contributed by atoms with Crippen LogP contribution in [0.25, 0.3) is 0 Å². The molecule has 0 aromatic carbocycles. The van der Waals surface area contributed by atoms with Gasteiger partial charge in [0.05, 0.1) is 7.11 Å². The Labute approximate surface area is 110 Å². The second-order valence-electron chi connectivity index (χ2n) is 4.39. The summed E-state index contributed by atoms with van der Waals surface area (Å²) in [5.41, 5.74) is -0.122. The molecule has 0 atom stereocenters. The average molecular weight is 271 g/mol. The maximum absolute atomic E-state index is 12.0. The van der Waals surface area contributed by atoms with E-state index in [2.05, 4.69) is 15.0 Å². The molecule has 0 unspecified atom stereocenters. The zero-order valence-corrected chi connectivity index (χ0v) is 11.5. The van der Waals surface area contributed by atoms with Gasteiger partial charge in [-0.25, -0.2) is 9.78 Å². The molecule has 5 nitrogen and oxygen atoms in total. The number of halogens is 1. The van der Waals surface area contributed by atoms with Gasteiger partial charge in [-0.15, -0.1) is 0 Å². The maximum Gasteiger partial charge on any atom is 0.330 e. The van der Waals surface area contributed by atoms with Gasteiger partial charge >= 0.3 is 5.97 Å². The summed E-state index contributed by atoms with van der Waals surface area (Å²) >= 11 is 5.77. The fraction of sp³-hybridized carbons (Fsp3) is 0.417. The van der Waals surface area contributed by atoms with E-state index in [-0.39, 0.29) is 5.15 Å². The number of amides is 1. The van der Waals surface area contributed by atoms with Crippen LogP contribution in [0.3, 0.4) is 0 Å². The van der Waals surface area contributed by atoms with Crippen molar-refractivity contribution in [3.05, 3.63) is 28.5 Å². The quantitative estimate of drug-likeness (QED) is 0.671. The molecule has 0 saturated carbocycles. The van der Waals surface area contributed by atoms with Gasteiger partial charge in [0.1, 0.15) is 10.7 Å². The SMILES string of the molecule is COC(=O)C(C)(C)NC(=O)c1cc(C)nc(Cl)c1. The number of hydrogen-bond donors (Lipinski definition) is 1. The number of pyridine rings is 1. The summed E-state index contributed by atoms with van der Waals surface area (Å²) in [4.78, 5) is 27.4. The number of nitrogens with zero attached hydrogens (tertiary/aromatic N) is 1. The minimum Gasteiger partial charge on any atom is -0.467 e. The topological polar surface area (TPSA) is 68.3 Å². The lowest BCUT2D eigenvalue weighted by molar-refractivity contribution is -0.146. The van der Waals surface area contributed by atoms with E-state index in [9.17, 15) is 9.59 Å². The summed E-state index contributed by atoms with van der Waals surface area (Å²) in [6.07, 6.45) is 0. The van der Waals surface area contributed by atoms with Crippen molar-refractivity contribution in [1.82, 2.24) is 10.3 Å². The lowest BCUT2D eigenvalue weighted by Crippen LogP contribution is -2.50. The van der Waals surface area contributed by atoms with Crippen molar-refractivity contribution in [2.75, 3.05) is 7.11 Å². The molecule has 0 aliphatic rings. The second-order valence-corrected chi connectivity index (χ2v) is 4.78. The highest BCUT2D eigenvalue weighted by molar-refractivity contribution is 6.29. The first-order chi connectivity index (χ1) is 8.26. The van der Waals surface area contributed by atoms with Crippen molar-refractivity contribution in [2.24, 2.45) is 0 Å². The Morgan fingerprint density at radius 2 is 2.00 bits per heavy atom. The molecule has 1 N–H and O–H groups in total. The van der Waals surface area contributed by atoms with E-state index in [1.54, 1.807) is 26.8 Å². The highest BCUT2D eigenvalue weighted by Gasteiger charge is 2.30. The number of aryl methyl sites for hydroxylation is 1. The molecule has 1 aromatic rings. The predicted molar refractivity (Wildman–Crippen MR) is 67.5 cm³/mol. The van der Waals surface area contributed by atoms with Gasteiger partial charge in [-0.1, -0.05) is 11.6 Å². The molecule has 0 radical (unpaired) electrons. The number of esters is 1. The van der Waals surface area contributed by atoms with E-state index in [1.165, 1.54) is 13.2 Å². The molecule has 0 aliphatic carbocycles. The van der Waals surface area contributed by atoms with Gasteiger partial charge in [-0.05, 0) is 32.9 Å². The van der Waals surface area contributed by atoms with Crippen LogP contribution in [0.1, 0.15) is 29.9 Å². The van der Waals surface area contributed by atoms with Gasteiger partial charge < -0.3 is 10.1 Å². The molecule has 0 bridgehead atoms. The molecular formula is C12H15ClN2O3. The third-order valence-electron chi connectivity index (χ3n) is 2.31. The monoisotopic (exact) mass is 270 g/mol. The summed E-state index contributed by atoms with van der Waals surface area (Å²) in [6.45, 7) is 4.85. The first-order valence-electron chi connectivity index (χ1n) is 5.31. The smallest absolute Gasteiger partial charge is 0.330 e. The second kappa shape index (κ2) is 5.35. The van der Waals surface area contributed by atoms with Crippen molar-refractivity contribution in [3.63, 3.8) is 0 Å². The molecule has 98 valence electrons. The van der Waals surface area contributed by atoms with E-state index >= 15 is 0 Å². The number of carbonyl (C=O) groups excluding carboxylic acids is 2. The van der Waals surface area contributed by atoms with E-state index in [1.807, 2.05) is 0 Å². The third kappa shape index (κ3) is 3.43. The van der Waals surface area contributed by atoms with Crippen LogP contribution in [-0.2, 0) is 9.53 Å². The number of nitrogens with one attached hydrogen (secondary N) is 1. The summed E-state index contributed by atoms with van der Waals surface area (Å²) in [7, 11) is 1.27. The molecule has 0 saturated heterocycles. The van der Waals surface area contributed by atoms with Crippen LogP contribution >= 0.6 is 11.6 Å². The highest BCUT2D eigenvalue weighted by atomic mass is 35.5. The fourth-order valence-corrected chi connectivity index (χ4v) is 1.67. The summed E-state index contributed by atoms with van der Waals surface area (Å²) < 4.78 is 4.61. The van der Waals surface area contributed by atoms with Gasteiger partial charge in [0.25, 0.3) is 5.91 Å². The van der Waals surface area contributed by atoms with Crippen molar-refractivity contribution in [2.45, 2.75) is 26.3 Å². The Balaban J connectivity index is 2.92. The number of rotatable bonds is 3. The van der Waals surface area contributed by atoms with Gasteiger partial charge in [-0.3, -0.25) is 4.79 Å². The highest BCUT2D eigenvalue weighted by Crippen LogP contribution is 2.12.